The molecule has 0 saturated carbocycles. The van der Waals surface area contributed by atoms with E-state index in [0.717, 1.165) is 5.69 Å². The van der Waals surface area contributed by atoms with Crippen molar-refractivity contribution in [1.29, 1.82) is 0 Å². The quantitative estimate of drug-likeness (QED) is 0.739. The van der Waals surface area contributed by atoms with E-state index in [9.17, 15) is 9.90 Å². The van der Waals surface area contributed by atoms with E-state index in [1.807, 2.05) is 18.2 Å². The van der Waals surface area contributed by atoms with Crippen molar-refractivity contribution in [2.45, 2.75) is 6.54 Å². The number of carboxylic acid groups (broad SMARTS) is 1. The van der Waals surface area contributed by atoms with Crippen LogP contribution in [0, 0.1) is 0 Å². The Balaban J connectivity index is 1.92. The summed E-state index contributed by atoms with van der Waals surface area (Å²) < 4.78 is 0. The van der Waals surface area contributed by atoms with Crippen molar-refractivity contribution in [2.24, 2.45) is 0 Å². The number of rotatable bonds is 5. The highest BCUT2D eigenvalue weighted by atomic mass is 35.5. The molecule has 0 spiro atoms. The molecule has 1 aromatic carbocycles. The van der Waals surface area contributed by atoms with Crippen molar-refractivity contribution in [3.8, 4) is 11.3 Å². The monoisotopic (exact) mass is 340 g/mol. The van der Waals surface area contributed by atoms with E-state index in [2.05, 4.69) is 20.3 Å². The molecule has 2 N–H and O–H groups in total. The van der Waals surface area contributed by atoms with E-state index in [-0.39, 0.29) is 5.56 Å². The number of halogens is 1. The lowest BCUT2D eigenvalue weighted by atomic mass is 10.1. The highest BCUT2D eigenvalue weighted by Crippen LogP contribution is 2.25. The smallest absolute Gasteiger partial charge is 0.339 e. The van der Waals surface area contributed by atoms with Gasteiger partial charge in [-0.15, -0.1) is 0 Å². The Morgan fingerprint density at radius 3 is 2.75 bits per heavy atom. The molecular weight excluding hydrogens is 328 g/mol. The van der Waals surface area contributed by atoms with E-state index >= 15 is 0 Å². The van der Waals surface area contributed by atoms with Gasteiger partial charge in [-0.1, -0.05) is 29.8 Å². The van der Waals surface area contributed by atoms with Crippen molar-refractivity contribution in [2.75, 3.05) is 5.32 Å². The Morgan fingerprint density at radius 1 is 1.17 bits per heavy atom. The number of carboxylic acids is 1. The highest BCUT2D eigenvalue weighted by Gasteiger charge is 2.15. The molecule has 7 heteroatoms. The second-order valence-corrected chi connectivity index (χ2v) is 5.38. The van der Waals surface area contributed by atoms with Gasteiger partial charge in [0.05, 0.1) is 17.9 Å². The van der Waals surface area contributed by atoms with Crippen LogP contribution in [0.15, 0.2) is 54.9 Å². The van der Waals surface area contributed by atoms with E-state index < -0.39 is 5.97 Å². The first-order valence-electron chi connectivity index (χ1n) is 7.13. The minimum Gasteiger partial charge on any atom is -0.478 e. The summed E-state index contributed by atoms with van der Waals surface area (Å²) in [7, 11) is 0. The molecule has 0 unspecified atom stereocenters. The SMILES string of the molecule is O=C(O)c1cnc(NCc2ccccn2)nc1-c1cccc(Cl)c1. The van der Waals surface area contributed by atoms with Crippen molar-refractivity contribution in [1.82, 2.24) is 15.0 Å². The van der Waals surface area contributed by atoms with Crippen LogP contribution in [0.4, 0.5) is 5.95 Å². The Labute approximate surface area is 143 Å². The number of hydrogen-bond acceptors (Lipinski definition) is 5. The average Bonchev–Trinajstić information content (AvgIpc) is 2.60. The van der Waals surface area contributed by atoms with Crippen molar-refractivity contribution in [3.05, 3.63) is 71.1 Å². The van der Waals surface area contributed by atoms with Gasteiger partial charge < -0.3 is 10.4 Å². The van der Waals surface area contributed by atoms with Crippen LogP contribution in [0.5, 0.6) is 0 Å². The van der Waals surface area contributed by atoms with Crippen LogP contribution in [0.1, 0.15) is 16.1 Å². The summed E-state index contributed by atoms with van der Waals surface area (Å²) >= 11 is 5.99. The molecule has 24 heavy (non-hydrogen) atoms. The molecule has 6 nitrogen and oxygen atoms in total. The van der Waals surface area contributed by atoms with Crippen LogP contribution in [0.3, 0.4) is 0 Å². The van der Waals surface area contributed by atoms with Gasteiger partial charge in [-0.3, -0.25) is 4.98 Å². The van der Waals surface area contributed by atoms with E-state index in [1.54, 1.807) is 30.5 Å². The Hall–Kier alpha value is -2.99. The van der Waals surface area contributed by atoms with Gasteiger partial charge in [-0.2, -0.15) is 0 Å². The van der Waals surface area contributed by atoms with Gasteiger partial charge in [0, 0.05) is 23.0 Å². The first-order valence-corrected chi connectivity index (χ1v) is 7.51. The molecule has 0 aliphatic heterocycles. The van der Waals surface area contributed by atoms with Gasteiger partial charge >= 0.3 is 5.97 Å². The minimum atomic E-state index is -1.10. The zero-order valence-corrected chi connectivity index (χ0v) is 13.2. The lowest BCUT2D eigenvalue weighted by Crippen LogP contribution is -2.09. The fourth-order valence-corrected chi connectivity index (χ4v) is 2.34. The summed E-state index contributed by atoms with van der Waals surface area (Å²) in [6.07, 6.45) is 2.98. The Morgan fingerprint density at radius 2 is 2.04 bits per heavy atom. The maximum absolute atomic E-state index is 11.4. The third-order valence-corrected chi connectivity index (χ3v) is 3.51. The number of aromatic carboxylic acids is 1. The summed E-state index contributed by atoms with van der Waals surface area (Å²) in [5.74, 6) is -0.776. The number of pyridine rings is 1. The summed E-state index contributed by atoms with van der Waals surface area (Å²) in [5, 5.41) is 12.9. The molecule has 2 aromatic heterocycles. The van der Waals surface area contributed by atoms with Gasteiger partial charge in [0.15, 0.2) is 0 Å². The van der Waals surface area contributed by atoms with Gasteiger partial charge in [0.2, 0.25) is 5.95 Å². The molecule has 0 fully saturated rings. The van der Waals surface area contributed by atoms with Crippen LogP contribution in [0.2, 0.25) is 5.02 Å². The molecule has 0 aliphatic carbocycles. The van der Waals surface area contributed by atoms with E-state index in [1.165, 1.54) is 6.20 Å². The largest absolute Gasteiger partial charge is 0.478 e. The number of aromatic nitrogens is 3. The second-order valence-electron chi connectivity index (χ2n) is 4.95. The van der Waals surface area contributed by atoms with Gasteiger partial charge in [-0.25, -0.2) is 14.8 Å². The average molecular weight is 341 g/mol. The topological polar surface area (TPSA) is 88.0 Å². The van der Waals surface area contributed by atoms with Crippen LogP contribution in [-0.2, 0) is 6.54 Å². The Bertz CT molecular complexity index is 871. The zero-order chi connectivity index (χ0) is 16.9. The maximum atomic E-state index is 11.4. The first-order chi connectivity index (χ1) is 11.6. The van der Waals surface area contributed by atoms with Crippen molar-refractivity contribution in [3.63, 3.8) is 0 Å². The molecule has 0 aliphatic rings. The zero-order valence-electron chi connectivity index (χ0n) is 12.5. The first kappa shape index (κ1) is 15.9. The highest BCUT2D eigenvalue weighted by molar-refractivity contribution is 6.30. The summed E-state index contributed by atoms with van der Waals surface area (Å²) in [6.45, 7) is 0.433. The standard InChI is InChI=1S/C17H13ClN4O2/c18-12-5-3-4-11(8-12)15-14(16(23)24)10-21-17(22-15)20-9-13-6-1-2-7-19-13/h1-8,10H,9H2,(H,23,24)(H,20,21,22). The second kappa shape index (κ2) is 7.06. The number of anilines is 1. The molecule has 0 radical (unpaired) electrons. The molecule has 0 amide bonds. The van der Waals surface area contributed by atoms with Crippen molar-refractivity contribution >= 4 is 23.5 Å². The van der Waals surface area contributed by atoms with Crippen LogP contribution in [0.25, 0.3) is 11.3 Å². The lowest BCUT2D eigenvalue weighted by molar-refractivity contribution is 0.0697. The summed E-state index contributed by atoms with van der Waals surface area (Å²) in [6, 6.07) is 12.5. The van der Waals surface area contributed by atoms with Crippen molar-refractivity contribution < 1.29 is 9.90 Å². The number of nitrogens with one attached hydrogen (secondary N) is 1. The normalized spacial score (nSPS) is 10.4. The summed E-state index contributed by atoms with van der Waals surface area (Å²) in [5.41, 5.74) is 1.76. The van der Waals surface area contributed by atoms with Gasteiger partial charge in [0.25, 0.3) is 0 Å². The van der Waals surface area contributed by atoms with Crippen LogP contribution < -0.4 is 5.32 Å². The van der Waals surface area contributed by atoms with E-state index in [4.69, 9.17) is 11.6 Å². The fraction of sp³-hybridized carbons (Fsp3) is 0.0588. The molecular formula is C17H13ClN4O2. The number of carbonyl (C=O) groups is 1. The van der Waals surface area contributed by atoms with Gasteiger partial charge in [-0.05, 0) is 24.3 Å². The predicted octanol–water partition coefficient (Wildman–Crippen LogP) is 3.50. The minimum absolute atomic E-state index is 0.0145. The third-order valence-electron chi connectivity index (χ3n) is 3.27. The molecule has 0 atom stereocenters. The number of nitrogens with zero attached hydrogens (tertiary/aromatic N) is 3. The van der Waals surface area contributed by atoms with Gasteiger partial charge in [0.1, 0.15) is 5.56 Å². The van der Waals surface area contributed by atoms with Crippen LogP contribution in [-0.4, -0.2) is 26.0 Å². The van der Waals surface area contributed by atoms with E-state index in [0.29, 0.717) is 28.8 Å². The summed E-state index contributed by atoms with van der Waals surface area (Å²) in [4.78, 5) is 24.0. The molecule has 3 aromatic rings. The molecule has 0 saturated heterocycles. The Kier molecular flexibility index (Phi) is 4.67. The molecule has 120 valence electrons. The molecule has 2 heterocycles. The lowest BCUT2D eigenvalue weighted by Gasteiger charge is -2.09. The van der Waals surface area contributed by atoms with Crippen LogP contribution >= 0.6 is 11.6 Å². The maximum Gasteiger partial charge on any atom is 0.339 e. The third kappa shape index (κ3) is 3.67. The predicted molar refractivity (Wildman–Crippen MR) is 91.0 cm³/mol. The molecule has 0 bridgehead atoms. The number of hydrogen-bond donors (Lipinski definition) is 2. The fourth-order valence-electron chi connectivity index (χ4n) is 2.15. The number of benzene rings is 1. The molecule has 3 rings (SSSR count).